The number of non-ortho nitro benzene ring substituents is 1. The maximum atomic E-state index is 11.5. The highest BCUT2D eigenvalue weighted by Crippen LogP contribution is 2.21. The molecule has 0 spiro atoms. The molecule has 3 aromatic rings. The van der Waals surface area contributed by atoms with Crippen molar-refractivity contribution >= 4 is 40.4 Å². The van der Waals surface area contributed by atoms with Crippen LogP contribution in [0.3, 0.4) is 0 Å². The number of hydrogen-bond acceptors (Lipinski definition) is 6. The van der Waals surface area contributed by atoms with Crippen LogP contribution < -0.4 is 4.90 Å². The number of carbonyl (C=O) groups excluding carboxylic acids is 1. The molecule has 1 aromatic heterocycles. The summed E-state index contributed by atoms with van der Waals surface area (Å²) in [6, 6.07) is 16.4. The molecular formula is C25H25N3O4. The number of aromatic nitrogens is 1. The summed E-state index contributed by atoms with van der Waals surface area (Å²) in [6.45, 7) is 8.96. The van der Waals surface area contributed by atoms with E-state index < -0.39 is 4.92 Å². The number of rotatable bonds is 9. The Morgan fingerprint density at radius 1 is 1.16 bits per heavy atom. The molecule has 32 heavy (non-hydrogen) atoms. The van der Waals surface area contributed by atoms with Crippen LogP contribution in [0.5, 0.6) is 0 Å². The van der Waals surface area contributed by atoms with Crippen molar-refractivity contribution < 1.29 is 14.5 Å². The molecular weight excluding hydrogens is 406 g/mol. The van der Waals surface area contributed by atoms with Gasteiger partial charge in [-0.25, -0.2) is 9.78 Å². The van der Waals surface area contributed by atoms with Crippen LogP contribution >= 0.6 is 0 Å². The monoisotopic (exact) mass is 431 g/mol. The summed E-state index contributed by atoms with van der Waals surface area (Å²) in [4.78, 5) is 28.7. The van der Waals surface area contributed by atoms with Crippen molar-refractivity contribution in [2.24, 2.45) is 0 Å². The molecule has 0 amide bonds. The van der Waals surface area contributed by atoms with E-state index in [1.807, 2.05) is 55.5 Å². The van der Waals surface area contributed by atoms with Crippen molar-refractivity contribution in [3.05, 3.63) is 88.1 Å². The van der Waals surface area contributed by atoms with Gasteiger partial charge in [0, 0.05) is 35.3 Å². The molecule has 0 saturated carbocycles. The van der Waals surface area contributed by atoms with Gasteiger partial charge in [0.05, 0.1) is 22.7 Å². The van der Waals surface area contributed by atoms with Gasteiger partial charge < -0.3 is 9.64 Å². The third-order valence-corrected chi connectivity index (χ3v) is 4.93. The molecule has 0 unspecified atom stereocenters. The Morgan fingerprint density at radius 2 is 1.91 bits per heavy atom. The Kier molecular flexibility index (Phi) is 7.33. The number of fused-ring (bicyclic) bond motifs is 1. The zero-order valence-electron chi connectivity index (χ0n) is 18.2. The lowest BCUT2D eigenvalue weighted by atomic mass is 10.1. The number of nitrogens with zero attached hydrogens (tertiary/aromatic N) is 3. The Morgan fingerprint density at radius 3 is 2.56 bits per heavy atom. The van der Waals surface area contributed by atoms with Crippen LogP contribution in [0.1, 0.15) is 25.1 Å². The van der Waals surface area contributed by atoms with Gasteiger partial charge >= 0.3 is 5.97 Å². The number of anilines is 1. The number of pyridine rings is 1. The van der Waals surface area contributed by atoms with E-state index in [4.69, 9.17) is 4.74 Å². The number of nitro groups is 1. The predicted octanol–water partition coefficient (Wildman–Crippen LogP) is 5.26. The van der Waals surface area contributed by atoms with Gasteiger partial charge in [-0.1, -0.05) is 30.9 Å². The molecule has 0 radical (unpaired) electrons. The van der Waals surface area contributed by atoms with Crippen LogP contribution in [0.4, 0.5) is 11.4 Å². The van der Waals surface area contributed by atoms with Crippen LogP contribution in [-0.4, -0.2) is 35.6 Å². The first-order chi connectivity index (χ1) is 15.4. The second-order valence-corrected chi connectivity index (χ2v) is 7.29. The van der Waals surface area contributed by atoms with Crippen LogP contribution in [0, 0.1) is 10.1 Å². The smallest absolute Gasteiger partial charge is 0.333 e. The molecule has 0 N–H and O–H groups in total. The minimum absolute atomic E-state index is 0.0535. The summed E-state index contributed by atoms with van der Waals surface area (Å²) in [5.74, 6) is -0.373. The van der Waals surface area contributed by atoms with E-state index in [2.05, 4.69) is 16.5 Å². The first-order valence-corrected chi connectivity index (χ1v) is 10.3. The normalized spacial score (nSPS) is 10.9. The fourth-order valence-electron chi connectivity index (χ4n) is 3.15. The molecule has 0 fully saturated rings. The third-order valence-electron chi connectivity index (χ3n) is 4.93. The van der Waals surface area contributed by atoms with Gasteiger partial charge in [0.25, 0.3) is 5.69 Å². The number of hydrogen-bond donors (Lipinski definition) is 0. The second kappa shape index (κ2) is 10.3. The molecule has 7 heteroatoms. The van der Waals surface area contributed by atoms with Crippen LogP contribution in [0.25, 0.3) is 23.1 Å². The molecule has 0 bridgehead atoms. The highest BCUT2D eigenvalue weighted by Gasteiger charge is 2.08. The molecule has 0 atom stereocenters. The highest BCUT2D eigenvalue weighted by atomic mass is 16.6. The molecule has 0 aliphatic rings. The average Bonchev–Trinajstić information content (AvgIpc) is 2.80. The maximum Gasteiger partial charge on any atom is 0.333 e. The van der Waals surface area contributed by atoms with Gasteiger partial charge in [0.15, 0.2) is 0 Å². The van der Waals surface area contributed by atoms with Gasteiger partial charge in [-0.3, -0.25) is 10.1 Å². The van der Waals surface area contributed by atoms with Gasteiger partial charge in [-0.15, -0.1) is 0 Å². The van der Waals surface area contributed by atoms with Gasteiger partial charge in [-0.2, -0.15) is 0 Å². The van der Waals surface area contributed by atoms with Crippen LogP contribution in [0.2, 0.25) is 0 Å². The van der Waals surface area contributed by atoms with Gasteiger partial charge in [0.1, 0.15) is 6.61 Å². The minimum atomic E-state index is -0.411. The van der Waals surface area contributed by atoms with Crippen molar-refractivity contribution in [3.63, 3.8) is 0 Å². The topological polar surface area (TPSA) is 85.6 Å². The Balaban J connectivity index is 1.65. The number of carbonyl (C=O) groups is 1. The van der Waals surface area contributed by atoms with E-state index in [9.17, 15) is 14.9 Å². The van der Waals surface area contributed by atoms with Gasteiger partial charge in [0.2, 0.25) is 0 Å². The fraction of sp³-hybridized carbons (Fsp3) is 0.200. The van der Waals surface area contributed by atoms with E-state index in [0.717, 1.165) is 28.9 Å². The lowest BCUT2D eigenvalue weighted by molar-refractivity contribution is -0.384. The van der Waals surface area contributed by atoms with E-state index in [1.165, 1.54) is 12.1 Å². The quantitative estimate of drug-likeness (QED) is 0.199. The zero-order chi connectivity index (χ0) is 23.1. The molecule has 7 nitrogen and oxygen atoms in total. The first-order valence-electron chi connectivity index (χ1n) is 10.3. The maximum absolute atomic E-state index is 11.5. The van der Waals surface area contributed by atoms with Crippen molar-refractivity contribution in [3.8, 4) is 0 Å². The lowest BCUT2D eigenvalue weighted by Crippen LogP contribution is -2.28. The summed E-state index contributed by atoms with van der Waals surface area (Å²) >= 11 is 0. The standard InChI is InChI=1S/C25H25N3O4/c1-4-27(15-16-32-25(29)18(2)3)22-11-6-19(7-12-22)5-9-21-10-8-20-17-23(28(30)31)13-14-24(20)26-21/h5-14,17H,2,4,15-16H2,1,3H3/b9-5+. The molecule has 1 heterocycles. The highest BCUT2D eigenvalue weighted by molar-refractivity contribution is 5.87. The number of esters is 1. The lowest BCUT2D eigenvalue weighted by Gasteiger charge is -2.23. The number of benzene rings is 2. The van der Waals surface area contributed by atoms with Crippen LogP contribution in [0.15, 0.2) is 66.7 Å². The molecule has 2 aromatic carbocycles. The number of nitro benzene ring substituents is 1. The van der Waals surface area contributed by atoms with Gasteiger partial charge in [-0.05, 0) is 49.8 Å². The third kappa shape index (κ3) is 5.78. The summed E-state index contributed by atoms with van der Waals surface area (Å²) in [5.41, 5.74) is 3.98. The minimum Gasteiger partial charge on any atom is -0.460 e. The molecule has 164 valence electrons. The zero-order valence-corrected chi connectivity index (χ0v) is 18.2. The molecule has 0 aliphatic heterocycles. The summed E-state index contributed by atoms with van der Waals surface area (Å²) in [6.07, 6.45) is 3.87. The van der Waals surface area contributed by atoms with Crippen molar-refractivity contribution in [1.29, 1.82) is 0 Å². The second-order valence-electron chi connectivity index (χ2n) is 7.29. The van der Waals surface area contributed by atoms with E-state index in [1.54, 1.807) is 13.0 Å². The summed E-state index contributed by atoms with van der Waals surface area (Å²) in [5, 5.41) is 11.6. The number of ether oxygens (including phenoxy) is 1. The molecule has 0 aliphatic carbocycles. The van der Waals surface area contributed by atoms with Crippen LogP contribution in [-0.2, 0) is 9.53 Å². The predicted molar refractivity (Wildman–Crippen MR) is 127 cm³/mol. The Bertz CT molecular complexity index is 1170. The Hall–Kier alpha value is -4.00. The fourth-order valence-corrected chi connectivity index (χ4v) is 3.15. The van der Waals surface area contributed by atoms with E-state index >= 15 is 0 Å². The first kappa shape index (κ1) is 22.7. The van der Waals surface area contributed by atoms with Crippen molar-refractivity contribution in [1.82, 2.24) is 4.98 Å². The summed E-state index contributed by atoms with van der Waals surface area (Å²) < 4.78 is 5.19. The van der Waals surface area contributed by atoms with E-state index in [-0.39, 0.29) is 11.7 Å². The average molecular weight is 431 g/mol. The van der Waals surface area contributed by atoms with Crippen molar-refractivity contribution in [2.45, 2.75) is 13.8 Å². The largest absolute Gasteiger partial charge is 0.460 e. The molecule has 0 saturated heterocycles. The van der Waals surface area contributed by atoms with E-state index in [0.29, 0.717) is 24.2 Å². The SMILES string of the molecule is C=C(C)C(=O)OCCN(CC)c1ccc(/C=C/c2ccc3cc([N+](=O)[O-])ccc3n2)cc1. The molecule has 3 rings (SSSR count). The van der Waals surface area contributed by atoms with Crippen molar-refractivity contribution in [2.75, 3.05) is 24.6 Å². The number of likely N-dealkylation sites (N-methyl/N-ethyl adjacent to an activating group) is 1. The summed E-state index contributed by atoms with van der Waals surface area (Å²) in [7, 11) is 0. The Labute approximate surface area is 186 Å².